The molecule has 0 aliphatic carbocycles. The molecule has 27 heavy (non-hydrogen) atoms. The maximum absolute atomic E-state index is 12.8. The van der Waals surface area contributed by atoms with Crippen molar-refractivity contribution in [3.8, 4) is 0 Å². The Morgan fingerprint density at radius 1 is 1.33 bits per heavy atom. The second-order valence-corrected chi connectivity index (χ2v) is 7.28. The van der Waals surface area contributed by atoms with Crippen molar-refractivity contribution in [1.29, 1.82) is 0 Å². The van der Waals surface area contributed by atoms with Gasteiger partial charge in [-0.3, -0.25) is 24.5 Å². The van der Waals surface area contributed by atoms with Crippen LogP contribution in [0.1, 0.15) is 40.5 Å². The van der Waals surface area contributed by atoms with E-state index in [0.29, 0.717) is 29.0 Å². The van der Waals surface area contributed by atoms with Crippen molar-refractivity contribution in [3.05, 3.63) is 45.2 Å². The Labute approximate surface area is 156 Å². The van der Waals surface area contributed by atoms with Gasteiger partial charge in [-0.2, -0.15) is 5.10 Å². The Hall–Kier alpha value is -2.68. The molecule has 2 aromatic rings. The van der Waals surface area contributed by atoms with Gasteiger partial charge in [-0.05, 0) is 45.4 Å². The molecule has 2 saturated heterocycles. The number of carbonyl (C=O) groups is 1. The van der Waals surface area contributed by atoms with Gasteiger partial charge in [0, 0.05) is 25.7 Å². The van der Waals surface area contributed by atoms with Crippen LogP contribution in [0.3, 0.4) is 0 Å². The summed E-state index contributed by atoms with van der Waals surface area (Å²) in [6, 6.07) is 3.88. The van der Waals surface area contributed by atoms with E-state index in [2.05, 4.69) is 10.00 Å². The predicted molar refractivity (Wildman–Crippen MR) is 96.7 cm³/mol. The Kier molecular flexibility index (Phi) is 4.47. The molecule has 0 bridgehead atoms. The molecule has 2 aromatic heterocycles. The van der Waals surface area contributed by atoms with Gasteiger partial charge in [-0.25, -0.2) is 0 Å². The van der Waals surface area contributed by atoms with Crippen LogP contribution in [0.2, 0.25) is 0 Å². The molecular weight excluding hydrogens is 350 g/mol. The van der Waals surface area contributed by atoms with Crippen LogP contribution in [0.15, 0.2) is 16.5 Å². The number of piperazine rings is 1. The van der Waals surface area contributed by atoms with E-state index in [-0.39, 0.29) is 18.1 Å². The predicted octanol–water partition coefficient (Wildman–Crippen LogP) is 1.97. The molecule has 0 saturated carbocycles. The first-order valence-electron chi connectivity index (χ1n) is 9.24. The van der Waals surface area contributed by atoms with Crippen molar-refractivity contribution in [2.24, 2.45) is 0 Å². The molecule has 0 radical (unpaired) electrons. The van der Waals surface area contributed by atoms with Crippen molar-refractivity contribution in [2.45, 2.75) is 39.3 Å². The number of amides is 1. The number of hydrogen-bond acceptors (Lipinski definition) is 6. The van der Waals surface area contributed by atoms with E-state index in [1.165, 1.54) is 11.1 Å². The van der Waals surface area contributed by atoms with Crippen LogP contribution in [0, 0.1) is 24.0 Å². The molecule has 144 valence electrons. The number of nitrogens with zero attached hydrogens (tertiary/aromatic N) is 5. The molecule has 2 aliphatic heterocycles. The highest BCUT2D eigenvalue weighted by atomic mass is 16.6. The summed E-state index contributed by atoms with van der Waals surface area (Å²) in [5, 5.41) is 15.4. The van der Waals surface area contributed by atoms with E-state index < -0.39 is 4.92 Å². The van der Waals surface area contributed by atoms with Crippen molar-refractivity contribution in [3.63, 3.8) is 0 Å². The van der Waals surface area contributed by atoms with Crippen LogP contribution in [0.25, 0.3) is 0 Å². The zero-order chi connectivity index (χ0) is 19.1. The number of nitro groups is 1. The molecule has 0 unspecified atom stereocenters. The van der Waals surface area contributed by atoms with E-state index in [1.807, 2.05) is 4.90 Å². The van der Waals surface area contributed by atoms with Gasteiger partial charge in [-0.1, -0.05) is 0 Å². The Morgan fingerprint density at radius 2 is 2.15 bits per heavy atom. The highest BCUT2D eigenvalue weighted by molar-refractivity contribution is 5.91. The summed E-state index contributed by atoms with van der Waals surface area (Å²) in [6.45, 7) is 7.04. The van der Waals surface area contributed by atoms with E-state index in [9.17, 15) is 14.9 Å². The lowest BCUT2D eigenvalue weighted by molar-refractivity contribution is -0.386. The fourth-order valence-corrected chi connectivity index (χ4v) is 4.16. The minimum Gasteiger partial charge on any atom is -0.454 e. The van der Waals surface area contributed by atoms with E-state index >= 15 is 0 Å². The van der Waals surface area contributed by atoms with Gasteiger partial charge in [0.15, 0.2) is 5.76 Å². The summed E-state index contributed by atoms with van der Waals surface area (Å²) in [6.07, 6.45) is 2.34. The van der Waals surface area contributed by atoms with Crippen LogP contribution in [0.4, 0.5) is 5.69 Å². The minimum absolute atomic E-state index is 0.0206. The first-order chi connectivity index (χ1) is 12.9. The van der Waals surface area contributed by atoms with Crippen molar-refractivity contribution in [1.82, 2.24) is 19.6 Å². The molecule has 2 fully saturated rings. The third-order valence-corrected chi connectivity index (χ3v) is 5.58. The van der Waals surface area contributed by atoms with Crippen LogP contribution in [0.5, 0.6) is 0 Å². The molecule has 1 amide bonds. The molecule has 0 aromatic carbocycles. The normalized spacial score (nSPS) is 20.1. The molecule has 0 spiro atoms. The lowest BCUT2D eigenvalue weighted by atomic mass is 10.1. The summed E-state index contributed by atoms with van der Waals surface area (Å²) >= 11 is 0. The van der Waals surface area contributed by atoms with Crippen LogP contribution < -0.4 is 0 Å². The maximum atomic E-state index is 12.8. The number of hydrogen-bond donors (Lipinski definition) is 0. The number of fused-ring (bicyclic) bond motifs is 1. The Balaban J connectivity index is 1.46. The topological polar surface area (TPSA) is 97.7 Å². The van der Waals surface area contributed by atoms with E-state index in [1.54, 1.807) is 26.0 Å². The quantitative estimate of drug-likeness (QED) is 0.600. The third-order valence-electron chi connectivity index (χ3n) is 5.58. The molecule has 9 heteroatoms. The van der Waals surface area contributed by atoms with Crippen molar-refractivity contribution >= 4 is 11.6 Å². The monoisotopic (exact) mass is 373 g/mol. The molecule has 4 rings (SSSR count). The smallest absolute Gasteiger partial charge is 0.312 e. The van der Waals surface area contributed by atoms with Crippen LogP contribution in [-0.4, -0.2) is 62.6 Å². The van der Waals surface area contributed by atoms with Gasteiger partial charge in [0.25, 0.3) is 5.91 Å². The number of aromatic nitrogens is 2. The highest BCUT2D eigenvalue weighted by Gasteiger charge is 2.33. The van der Waals surface area contributed by atoms with Crippen LogP contribution in [-0.2, 0) is 6.54 Å². The summed E-state index contributed by atoms with van der Waals surface area (Å²) in [5.41, 5.74) is 0.862. The summed E-state index contributed by atoms with van der Waals surface area (Å²) in [7, 11) is 0. The highest BCUT2D eigenvalue weighted by Crippen LogP contribution is 2.25. The standard InChI is InChI=1S/C18H23N5O4/c1-12-17(23(25)26)13(2)22(19-12)11-15-5-6-16(27-15)18(24)21-9-8-20-7-3-4-14(20)10-21/h5-6,14H,3-4,7-11H2,1-2H3/t14-/m0/s1. The van der Waals surface area contributed by atoms with Gasteiger partial charge in [-0.15, -0.1) is 0 Å². The number of carbonyl (C=O) groups excluding carboxylic acids is 1. The fourth-order valence-electron chi connectivity index (χ4n) is 4.16. The second kappa shape index (κ2) is 6.80. The van der Waals surface area contributed by atoms with E-state index in [4.69, 9.17) is 4.42 Å². The van der Waals surface area contributed by atoms with E-state index in [0.717, 1.165) is 32.6 Å². The summed E-state index contributed by atoms with van der Waals surface area (Å²) in [4.78, 5) is 27.8. The first kappa shape index (κ1) is 17.7. The number of rotatable bonds is 4. The summed E-state index contributed by atoms with van der Waals surface area (Å²) in [5.74, 6) is 0.776. The van der Waals surface area contributed by atoms with Gasteiger partial charge in [0.1, 0.15) is 17.1 Å². The molecule has 9 nitrogen and oxygen atoms in total. The van der Waals surface area contributed by atoms with Crippen LogP contribution >= 0.6 is 0 Å². The first-order valence-corrected chi connectivity index (χ1v) is 9.24. The molecule has 4 heterocycles. The lowest BCUT2D eigenvalue weighted by Crippen LogP contribution is -2.51. The zero-order valence-electron chi connectivity index (χ0n) is 15.6. The Bertz CT molecular complexity index is 886. The molecule has 2 aliphatic rings. The fraction of sp³-hybridized carbons (Fsp3) is 0.556. The van der Waals surface area contributed by atoms with Gasteiger partial charge < -0.3 is 9.32 Å². The minimum atomic E-state index is -0.423. The molecular formula is C18H23N5O4. The second-order valence-electron chi connectivity index (χ2n) is 7.28. The maximum Gasteiger partial charge on any atom is 0.312 e. The number of aryl methyl sites for hydroxylation is 1. The largest absolute Gasteiger partial charge is 0.454 e. The van der Waals surface area contributed by atoms with Gasteiger partial charge in [0.05, 0.1) is 11.5 Å². The lowest BCUT2D eigenvalue weighted by Gasteiger charge is -2.37. The van der Waals surface area contributed by atoms with Crippen molar-refractivity contribution in [2.75, 3.05) is 26.2 Å². The molecule has 1 atom stereocenters. The number of furan rings is 1. The SMILES string of the molecule is Cc1nn(Cc2ccc(C(=O)N3CCN4CCC[C@H]4C3)o2)c(C)c1[N+](=O)[O-]. The van der Waals surface area contributed by atoms with Gasteiger partial charge >= 0.3 is 5.69 Å². The summed E-state index contributed by atoms with van der Waals surface area (Å²) < 4.78 is 7.28. The Morgan fingerprint density at radius 3 is 2.89 bits per heavy atom. The average Bonchev–Trinajstić information content (AvgIpc) is 3.33. The molecule has 0 N–H and O–H groups in total. The zero-order valence-corrected chi connectivity index (χ0v) is 15.6. The third kappa shape index (κ3) is 3.23. The average molecular weight is 373 g/mol. The van der Waals surface area contributed by atoms with Crippen molar-refractivity contribution < 1.29 is 14.1 Å². The van der Waals surface area contributed by atoms with Gasteiger partial charge in [0.2, 0.25) is 0 Å².